The predicted molar refractivity (Wildman–Crippen MR) is 89.4 cm³/mol. The summed E-state index contributed by atoms with van der Waals surface area (Å²) in [5, 5.41) is 6.39. The Morgan fingerprint density at radius 2 is 1.95 bits per heavy atom. The normalized spacial score (nSPS) is 18.5. The molecule has 0 aliphatic heterocycles. The van der Waals surface area contributed by atoms with E-state index in [0.717, 1.165) is 12.5 Å². The van der Waals surface area contributed by atoms with E-state index in [4.69, 9.17) is 0 Å². The summed E-state index contributed by atoms with van der Waals surface area (Å²) in [5.41, 5.74) is 1.46. The molecule has 1 heterocycles. The van der Waals surface area contributed by atoms with Gasteiger partial charge in [0.25, 0.3) is 0 Å². The van der Waals surface area contributed by atoms with Gasteiger partial charge in [0.2, 0.25) is 0 Å². The summed E-state index contributed by atoms with van der Waals surface area (Å²) in [5.74, 6) is 0.770. The van der Waals surface area contributed by atoms with Crippen LogP contribution in [0.4, 0.5) is 0 Å². The summed E-state index contributed by atoms with van der Waals surface area (Å²) in [6.45, 7) is 3.25. The zero-order chi connectivity index (χ0) is 14.5. The largest absolute Gasteiger partial charge is 0.310 e. The van der Waals surface area contributed by atoms with Crippen LogP contribution in [0.3, 0.4) is 0 Å². The molecule has 21 heavy (non-hydrogen) atoms. The molecule has 3 rings (SSSR count). The number of hydrogen-bond acceptors (Lipinski definition) is 2. The Bertz CT molecular complexity index is 565. The molecule has 1 fully saturated rings. The molecule has 1 N–H and O–H groups in total. The molecule has 0 amide bonds. The highest BCUT2D eigenvalue weighted by molar-refractivity contribution is 5.85. The van der Waals surface area contributed by atoms with Crippen molar-refractivity contribution in [2.75, 3.05) is 6.54 Å². The van der Waals surface area contributed by atoms with Gasteiger partial charge in [-0.1, -0.05) is 50.8 Å². The Morgan fingerprint density at radius 1 is 1.14 bits per heavy atom. The van der Waals surface area contributed by atoms with Crippen molar-refractivity contribution < 1.29 is 0 Å². The number of aromatic nitrogens is 1. The lowest BCUT2D eigenvalue weighted by atomic mass is 9.85. The van der Waals surface area contributed by atoms with Crippen LogP contribution in [-0.2, 0) is 0 Å². The summed E-state index contributed by atoms with van der Waals surface area (Å²) in [7, 11) is 0. The monoisotopic (exact) mass is 282 g/mol. The Morgan fingerprint density at radius 3 is 2.71 bits per heavy atom. The Labute approximate surface area is 128 Å². The maximum Gasteiger partial charge on any atom is 0.0354 e. The second-order valence-corrected chi connectivity index (χ2v) is 6.23. The van der Waals surface area contributed by atoms with Crippen molar-refractivity contribution in [1.29, 1.82) is 0 Å². The molecular formula is C19H26N2. The van der Waals surface area contributed by atoms with Gasteiger partial charge >= 0.3 is 0 Å². The first-order valence-electron chi connectivity index (χ1n) is 8.46. The lowest BCUT2D eigenvalue weighted by Crippen LogP contribution is -2.28. The number of fused-ring (bicyclic) bond motifs is 1. The molecule has 2 nitrogen and oxygen atoms in total. The average molecular weight is 282 g/mol. The third-order valence-corrected chi connectivity index (χ3v) is 4.84. The number of nitrogens with one attached hydrogen (secondary N) is 1. The minimum atomic E-state index is 0.485. The standard InChI is InChI=1S/C19H26N2/c1-2-21-19(15-8-5-3-4-6-9-15)18-11-7-10-16-14-20-13-12-17(16)18/h7,10-15,19,21H,2-6,8-9H2,1H3. The summed E-state index contributed by atoms with van der Waals surface area (Å²) in [4.78, 5) is 4.27. The second kappa shape index (κ2) is 7.04. The number of hydrogen-bond donors (Lipinski definition) is 1. The molecule has 112 valence electrons. The van der Waals surface area contributed by atoms with Crippen molar-refractivity contribution in [2.24, 2.45) is 5.92 Å². The number of pyridine rings is 1. The van der Waals surface area contributed by atoms with E-state index in [9.17, 15) is 0 Å². The van der Waals surface area contributed by atoms with E-state index < -0.39 is 0 Å². The highest BCUT2D eigenvalue weighted by Gasteiger charge is 2.24. The van der Waals surface area contributed by atoms with E-state index >= 15 is 0 Å². The lowest BCUT2D eigenvalue weighted by Gasteiger charge is -2.28. The predicted octanol–water partition coefficient (Wildman–Crippen LogP) is 4.86. The number of benzene rings is 1. The molecule has 1 unspecified atom stereocenters. The van der Waals surface area contributed by atoms with Crippen molar-refractivity contribution in [1.82, 2.24) is 10.3 Å². The third-order valence-electron chi connectivity index (χ3n) is 4.84. The fraction of sp³-hybridized carbons (Fsp3) is 0.526. The first kappa shape index (κ1) is 14.5. The van der Waals surface area contributed by atoms with Crippen LogP contribution in [0.15, 0.2) is 36.7 Å². The second-order valence-electron chi connectivity index (χ2n) is 6.23. The van der Waals surface area contributed by atoms with E-state index in [1.807, 2.05) is 12.4 Å². The van der Waals surface area contributed by atoms with E-state index in [1.165, 1.54) is 54.9 Å². The van der Waals surface area contributed by atoms with Gasteiger partial charge in [-0.3, -0.25) is 4.98 Å². The zero-order valence-corrected chi connectivity index (χ0v) is 13.0. The first-order valence-corrected chi connectivity index (χ1v) is 8.46. The smallest absolute Gasteiger partial charge is 0.0354 e. The molecule has 1 aliphatic rings. The van der Waals surface area contributed by atoms with Gasteiger partial charge in [-0.2, -0.15) is 0 Å². The van der Waals surface area contributed by atoms with Crippen LogP contribution in [0.2, 0.25) is 0 Å². The van der Waals surface area contributed by atoms with Crippen LogP contribution in [0, 0.1) is 5.92 Å². The van der Waals surface area contributed by atoms with Gasteiger partial charge in [-0.05, 0) is 42.3 Å². The fourth-order valence-electron chi connectivity index (χ4n) is 3.81. The van der Waals surface area contributed by atoms with Gasteiger partial charge in [-0.15, -0.1) is 0 Å². The van der Waals surface area contributed by atoms with Gasteiger partial charge in [0.05, 0.1) is 0 Å². The maximum atomic E-state index is 4.27. The Balaban J connectivity index is 1.98. The van der Waals surface area contributed by atoms with E-state index in [2.05, 4.69) is 41.5 Å². The van der Waals surface area contributed by atoms with Gasteiger partial charge in [0.15, 0.2) is 0 Å². The van der Waals surface area contributed by atoms with Crippen LogP contribution >= 0.6 is 0 Å². The lowest BCUT2D eigenvalue weighted by molar-refractivity contribution is 0.332. The van der Waals surface area contributed by atoms with Crippen molar-refractivity contribution in [3.63, 3.8) is 0 Å². The highest BCUT2D eigenvalue weighted by Crippen LogP contribution is 2.36. The van der Waals surface area contributed by atoms with Crippen molar-refractivity contribution in [2.45, 2.75) is 51.5 Å². The Hall–Kier alpha value is -1.41. The van der Waals surface area contributed by atoms with Crippen molar-refractivity contribution in [3.8, 4) is 0 Å². The van der Waals surface area contributed by atoms with Crippen LogP contribution in [0.5, 0.6) is 0 Å². The fourth-order valence-corrected chi connectivity index (χ4v) is 3.81. The van der Waals surface area contributed by atoms with Crippen molar-refractivity contribution in [3.05, 3.63) is 42.2 Å². The summed E-state index contributed by atoms with van der Waals surface area (Å²) in [6.07, 6.45) is 12.2. The molecule has 1 aromatic heterocycles. The van der Waals surface area contributed by atoms with Crippen molar-refractivity contribution >= 4 is 10.8 Å². The molecule has 0 radical (unpaired) electrons. The summed E-state index contributed by atoms with van der Waals surface area (Å²) >= 11 is 0. The Kier molecular flexibility index (Phi) is 4.87. The number of rotatable bonds is 4. The topological polar surface area (TPSA) is 24.9 Å². The quantitative estimate of drug-likeness (QED) is 0.810. The molecule has 0 bridgehead atoms. The number of nitrogens with zero attached hydrogens (tertiary/aromatic N) is 1. The molecule has 0 saturated heterocycles. The van der Waals surface area contributed by atoms with Gasteiger partial charge in [0.1, 0.15) is 0 Å². The molecule has 1 atom stereocenters. The van der Waals surface area contributed by atoms with Crippen LogP contribution in [0.1, 0.15) is 57.1 Å². The minimum Gasteiger partial charge on any atom is -0.310 e. The van der Waals surface area contributed by atoms with Gasteiger partial charge in [-0.25, -0.2) is 0 Å². The molecule has 1 aromatic carbocycles. The highest BCUT2D eigenvalue weighted by atomic mass is 14.9. The summed E-state index contributed by atoms with van der Waals surface area (Å²) < 4.78 is 0. The molecule has 1 aliphatic carbocycles. The summed E-state index contributed by atoms with van der Waals surface area (Å²) in [6, 6.07) is 9.31. The minimum absolute atomic E-state index is 0.485. The van der Waals surface area contributed by atoms with Gasteiger partial charge in [0, 0.05) is 23.8 Å². The van der Waals surface area contributed by atoms with Crippen LogP contribution in [-0.4, -0.2) is 11.5 Å². The average Bonchev–Trinajstić information content (AvgIpc) is 2.81. The van der Waals surface area contributed by atoms with Gasteiger partial charge < -0.3 is 5.32 Å². The molecule has 2 aromatic rings. The molecular weight excluding hydrogens is 256 g/mol. The molecule has 2 heteroatoms. The van der Waals surface area contributed by atoms with E-state index in [0.29, 0.717) is 6.04 Å². The molecule has 1 saturated carbocycles. The van der Waals surface area contributed by atoms with Crippen LogP contribution in [0.25, 0.3) is 10.8 Å². The maximum absolute atomic E-state index is 4.27. The third kappa shape index (κ3) is 3.26. The molecule has 0 spiro atoms. The SMILES string of the molecule is CCNC(c1cccc2cnccc12)C1CCCCCC1. The zero-order valence-electron chi connectivity index (χ0n) is 13.0. The first-order chi connectivity index (χ1) is 10.4. The van der Waals surface area contributed by atoms with Crippen LogP contribution < -0.4 is 5.32 Å². The van der Waals surface area contributed by atoms with E-state index in [-0.39, 0.29) is 0 Å². The van der Waals surface area contributed by atoms with E-state index in [1.54, 1.807) is 0 Å².